The number of hydroxylamine groups is 2. The van der Waals surface area contributed by atoms with Crippen LogP contribution in [0.15, 0.2) is 47.8 Å². The summed E-state index contributed by atoms with van der Waals surface area (Å²) in [4.78, 5) is 83.1. The number of urea groups is 1. The van der Waals surface area contributed by atoms with Crippen molar-refractivity contribution in [3.05, 3.63) is 59.4 Å². The number of carbonyl (C=O) groups excluding carboxylic acids is 6. The van der Waals surface area contributed by atoms with E-state index in [9.17, 15) is 28.8 Å². The van der Waals surface area contributed by atoms with Crippen LogP contribution >= 0.6 is 0 Å². The first kappa shape index (κ1) is 33.2. The third-order valence-corrected chi connectivity index (χ3v) is 8.26. The molecule has 6 amide bonds. The lowest BCUT2D eigenvalue weighted by atomic mass is 9.93. The summed E-state index contributed by atoms with van der Waals surface area (Å²) < 4.78 is 0. The number of nitrogens with one attached hydrogen (secondary N) is 2. The van der Waals surface area contributed by atoms with Crippen LogP contribution < -0.4 is 10.6 Å². The SMILES string of the molecule is CC1CC(=O)N(CCCCCNC(=O)CCCC(=O)ON2C(=O)CCC2=O)N=C1c1ccc(NC(=O)N2Cc3ccncc3C2)cc1. The number of aromatic nitrogens is 1. The highest BCUT2D eigenvalue weighted by Crippen LogP contribution is 2.25. The smallest absolute Gasteiger partial charge is 0.333 e. The lowest BCUT2D eigenvalue weighted by molar-refractivity contribution is -0.197. The molecule has 1 saturated heterocycles. The molecule has 3 aliphatic heterocycles. The first-order chi connectivity index (χ1) is 22.7. The third-order valence-electron chi connectivity index (χ3n) is 8.26. The zero-order chi connectivity index (χ0) is 33.3. The number of hydrogen-bond donors (Lipinski definition) is 2. The number of nitrogens with zero attached hydrogens (tertiary/aromatic N) is 5. The van der Waals surface area contributed by atoms with Crippen LogP contribution in [0.1, 0.15) is 81.4 Å². The van der Waals surface area contributed by atoms with Crippen molar-refractivity contribution in [3.8, 4) is 0 Å². The fourth-order valence-corrected chi connectivity index (χ4v) is 5.63. The molecule has 2 N–H and O–H groups in total. The molecule has 1 atom stereocenters. The Morgan fingerprint density at radius 3 is 2.38 bits per heavy atom. The van der Waals surface area contributed by atoms with Gasteiger partial charge in [0.05, 0.1) is 5.71 Å². The zero-order valence-corrected chi connectivity index (χ0v) is 26.4. The molecule has 1 unspecified atom stereocenters. The van der Waals surface area contributed by atoms with E-state index in [0.29, 0.717) is 49.8 Å². The predicted molar refractivity (Wildman–Crippen MR) is 169 cm³/mol. The number of unbranched alkanes of at least 4 members (excludes halogenated alkanes) is 2. The molecule has 0 bridgehead atoms. The molecule has 4 heterocycles. The Bertz CT molecular complexity index is 1520. The summed E-state index contributed by atoms with van der Waals surface area (Å²) in [5.74, 6) is -2.08. The fourth-order valence-electron chi connectivity index (χ4n) is 5.63. The van der Waals surface area contributed by atoms with Gasteiger partial charge in [0, 0.05) is 82.3 Å². The van der Waals surface area contributed by atoms with E-state index in [1.807, 2.05) is 37.3 Å². The van der Waals surface area contributed by atoms with Crippen molar-refractivity contribution in [3.63, 3.8) is 0 Å². The van der Waals surface area contributed by atoms with E-state index >= 15 is 0 Å². The van der Waals surface area contributed by atoms with Crippen LogP contribution in [0.5, 0.6) is 0 Å². The lowest BCUT2D eigenvalue weighted by Gasteiger charge is -2.28. The highest BCUT2D eigenvalue weighted by atomic mass is 16.7. The maximum atomic E-state index is 12.8. The van der Waals surface area contributed by atoms with Gasteiger partial charge in [-0.05, 0) is 60.6 Å². The summed E-state index contributed by atoms with van der Waals surface area (Å²) in [5.41, 5.74) is 4.54. The minimum absolute atomic E-state index is 0.0303. The van der Waals surface area contributed by atoms with Crippen LogP contribution in [0, 0.1) is 5.92 Å². The number of anilines is 1. The molecule has 14 heteroatoms. The van der Waals surface area contributed by atoms with Gasteiger partial charge in [0.15, 0.2) is 0 Å². The Morgan fingerprint density at radius 2 is 1.64 bits per heavy atom. The van der Waals surface area contributed by atoms with Gasteiger partial charge in [0.2, 0.25) is 11.8 Å². The van der Waals surface area contributed by atoms with E-state index in [4.69, 9.17) is 4.84 Å². The fraction of sp³-hybridized carbons (Fsp3) is 0.455. The minimum Gasteiger partial charge on any atom is -0.356 e. The molecule has 248 valence electrons. The number of rotatable bonds is 13. The molecule has 1 aromatic carbocycles. The largest absolute Gasteiger partial charge is 0.356 e. The molecule has 0 radical (unpaired) electrons. The Labute approximate surface area is 272 Å². The number of imide groups is 1. The van der Waals surface area contributed by atoms with E-state index in [0.717, 1.165) is 35.2 Å². The van der Waals surface area contributed by atoms with Crippen LogP contribution in [0.25, 0.3) is 0 Å². The average Bonchev–Trinajstić information content (AvgIpc) is 3.63. The maximum Gasteiger partial charge on any atom is 0.333 e. The Morgan fingerprint density at radius 1 is 0.894 bits per heavy atom. The van der Waals surface area contributed by atoms with Crippen LogP contribution in [0.2, 0.25) is 0 Å². The number of fused-ring (bicyclic) bond motifs is 1. The van der Waals surface area contributed by atoms with Gasteiger partial charge in [-0.3, -0.25) is 24.2 Å². The molecule has 0 aliphatic carbocycles. The standard InChI is InChI=1S/C33H39N7O7/c1-22-18-30(44)39(17-4-2-3-15-35-27(41)6-5-7-31(45)47-40-28(42)12-13-29(40)43)37-32(22)23-8-10-26(11-9-23)36-33(46)38-20-24-14-16-34-19-25(24)21-38/h8-11,14,16,19,22H,2-7,12-13,15,17-18,20-21H2,1H3,(H,35,41)(H,36,46). The van der Waals surface area contributed by atoms with Crippen molar-refractivity contribution >= 4 is 47.0 Å². The Hall–Kier alpha value is -5.14. The van der Waals surface area contributed by atoms with Gasteiger partial charge in [0.1, 0.15) is 0 Å². The summed E-state index contributed by atoms with van der Waals surface area (Å²) in [7, 11) is 0. The van der Waals surface area contributed by atoms with Crippen molar-refractivity contribution < 1.29 is 33.6 Å². The highest BCUT2D eigenvalue weighted by Gasteiger charge is 2.33. The third kappa shape index (κ3) is 8.77. The monoisotopic (exact) mass is 645 g/mol. The number of carbonyl (C=O) groups is 6. The number of hydrazone groups is 1. The van der Waals surface area contributed by atoms with Crippen molar-refractivity contribution in [2.24, 2.45) is 11.0 Å². The van der Waals surface area contributed by atoms with Crippen molar-refractivity contribution in [2.75, 3.05) is 18.4 Å². The molecule has 1 fully saturated rings. The van der Waals surface area contributed by atoms with Crippen LogP contribution in [-0.4, -0.2) is 74.4 Å². The highest BCUT2D eigenvalue weighted by molar-refractivity contribution is 6.06. The van der Waals surface area contributed by atoms with Crippen LogP contribution in [-0.2, 0) is 41.9 Å². The van der Waals surface area contributed by atoms with E-state index in [2.05, 4.69) is 20.7 Å². The van der Waals surface area contributed by atoms with Gasteiger partial charge in [-0.25, -0.2) is 14.6 Å². The van der Waals surface area contributed by atoms with E-state index < -0.39 is 17.8 Å². The molecule has 0 spiro atoms. The second kappa shape index (κ2) is 15.4. The molecular formula is C33H39N7O7. The number of benzene rings is 1. The predicted octanol–water partition coefficient (Wildman–Crippen LogP) is 3.27. The molecule has 47 heavy (non-hydrogen) atoms. The molecule has 5 rings (SSSR count). The summed E-state index contributed by atoms with van der Waals surface area (Å²) in [6.45, 7) is 3.98. The summed E-state index contributed by atoms with van der Waals surface area (Å²) in [6.07, 6.45) is 6.43. The quantitative estimate of drug-likeness (QED) is 0.247. The first-order valence-corrected chi connectivity index (χ1v) is 16.0. The van der Waals surface area contributed by atoms with Gasteiger partial charge in [-0.1, -0.05) is 19.1 Å². The Balaban J connectivity index is 0.991. The molecular weight excluding hydrogens is 606 g/mol. The van der Waals surface area contributed by atoms with Crippen molar-refractivity contribution in [1.29, 1.82) is 0 Å². The molecule has 2 aromatic rings. The summed E-state index contributed by atoms with van der Waals surface area (Å²) >= 11 is 0. The van der Waals surface area contributed by atoms with E-state index in [1.54, 1.807) is 17.3 Å². The van der Waals surface area contributed by atoms with Crippen LogP contribution in [0.3, 0.4) is 0 Å². The second-order valence-corrected chi connectivity index (χ2v) is 11.9. The number of amides is 6. The van der Waals surface area contributed by atoms with Crippen molar-refractivity contribution in [1.82, 2.24) is 25.3 Å². The molecule has 3 aliphatic rings. The van der Waals surface area contributed by atoms with Gasteiger partial charge in [0.25, 0.3) is 11.8 Å². The van der Waals surface area contributed by atoms with E-state index in [-0.39, 0.29) is 55.9 Å². The minimum atomic E-state index is -0.725. The van der Waals surface area contributed by atoms with Crippen molar-refractivity contribution in [2.45, 2.75) is 77.8 Å². The molecule has 0 saturated carbocycles. The normalized spacial score (nSPS) is 17.5. The second-order valence-electron chi connectivity index (χ2n) is 11.9. The van der Waals surface area contributed by atoms with Crippen LogP contribution in [0.4, 0.5) is 10.5 Å². The van der Waals surface area contributed by atoms with Gasteiger partial charge in [-0.2, -0.15) is 5.10 Å². The zero-order valence-electron chi connectivity index (χ0n) is 26.4. The number of hydrogen-bond acceptors (Lipinski definition) is 9. The van der Waals surface area contributed by atoms with Gasteiger partial charge in [-0.15, -0.1) is 5.06 Å². The average molecular weight is 646 g/mol. The summed E-state index contributed by atoms with van der Waals surface area (Å²) in [6, 6.07) is 9.24. The molecule has 1 aromatic heterocycles. The topological polar surface area (TPSA) is 171 Å². The van der Waals surface area contributed by atoms with E-state index in [1.165, 1.54) is 5.01 Å². The Kier molecular flexibility index (Phi) is 10.9. The number of pyridine rings is 1. The van der Waals surface area contributed by atoms with Gasteiger partial charge < -0.3 is 20.4 Å². The lowest BCUT2D eigenvalue weighted by Crippen LogP contribution is -2.37. The van der Waals surface area contributed by atoms with Gasteiger partial charge >= 0.3 is 12.0 Å². The molecule has 14 nitrogen and oxygen atoms in total. The maximum absolute atomic E-state index is 12.8. The first-order valence-electron chi connectivity index (χ1n) is 16.0. The summed E-state index contributed by atoms with van der Waals surface area (Å²) in [5, 5.41) is 12.5.